The van der Waals surface area contributed by atoms with Crippen molar-refractivity contribution in [3.63, 3.8) is 0 Å². The molecule has 1 N–H and O–H groups in total. The first kappa shape index (κ1) is 17.1. The minimum Gasteiger partial charge on any atom is -0.497 e. The summed E-state index contributed by atoms with van der Waals surface area (Å²) in [7, 11) is 4.81. The van der Waals surface area contributed by atoms with Crippen LogP contribution in [0.1, 0.15) is 28.8 Å². The average molecular weight is 341 g/mol. The smallest absolute Gasteiger partial charge is 0.255 e. The molecule has 3 rings (SSSR count). The number of anilines is 1. The number of hydrogen-bond donors (Lipinski definition) is 1. The van der Waals surface area contributed by atoms with Gasteiger partial charge in [-0.15, -0.1) is 0 Å². The molecule has 1 fully saturated rings. The first-order chi connectivity index (χ1) is 12.1. The van der Waals surface area contributed by atoms with E-state index in [9.17, 15) is 4.79 Å². The number of hydrogen-bond acceptors (Lipinski definition) is 4. The number of ether oxygens (including phenoxy) is 3. The average Bonchev–Trinajstić information content (AvgIpc) is 3.46. The molecule has 0 radical (unpaired) electrons. The van der Waals surface area contributed by atoms with Crippen molar-refractivity contribution in [1.82, 2.24) is 0 Å². The Morgan fingerprint density at radius 1 is 1.00 bits per heavy atom. The van der Waals surface area contributed by atoms with Gasteiger partial charge in [0, 0.05) is 17.3 Å². The standard InChI is InChI=1S/C20H23NO4/c1-23-16-8-6-14(7-9-16)20(22)21-17-12-19(25-3)18(24-2)11-15(17)10-13-4-5-13/h6-9,11-13H,4-5,10H2,1-3H3,(H,21,22). The lowest BCUT2D eigenvalue weighted by Gasteiger charge is -2.16. The Labute approximate surface area is 147 Å². The van der Waals surface area contributed by atoms with Crippen molar-refractivity contribution in [3.05, 3.63) is 47.5 Å². The molecule has 0 aliphatic heterocycles. The van der Waals surface area contributed by atoms with Crippen molar-refractivity contribution in [1.29, 1.82) is 0 Å². The fourth-order valence-electron chi connectivity index (χ4n) is 2.78. The predicted molar refractivity (Wildman–Crippen MR) is 96.9 cm³/mol. The topological polar surface area (TPSA) is 56.8 Å². The number of methoxy groups -OCH3 is 3. The molecule has 1 saturated carbocycles. The lowest BCUT2D eigenvalue weighted by molar-refractivity contribution is 0.102. The van der Waals surface area contributed by atoms with Crippen molar-refractivity contribution in [2.75, 3.05) is 26.6 Å². The molecule has 2 aromatic carbocycles. The molecular formula is C20H23NO4. The molecule has 0 bridgehead atoms. The van der Waals surface area contributed by atoms with Gasteiger partial charge in [0.05, 0.1) is 21.3 Å². The fraction of sp³-hybridized carbons (Fsp3) is 0.350. The van der Waals surface area contributed by atoms with Crippen molar-refractivity contribution in [2.45, 2.75) is 19.3 Å². The van der Waals surface area contributed by atoms with Gasteiger partial charge in [0.15, 0.2) is 11.5 Å². The third-order valence-electron chi connectivity index (χ3n) is 4.42. The van der Waals surface area contributed by atoms with E-state index >= 15 is 0 Å². The SMILES string of the molecule is COc1ccc(C(=O)Nc2cc(OC)c(OC)cc2CC2CC2)cc1. The largest absolute Gasteiger partial charge is 0.497 e. The second kappa shape index (κ2) is 7.47. The number of carbonyl (C=O) groups is 1. The van der Waals surface area contributed by atoms with Crippen LogP contribution in [0.5, 0.6) is 17.2 Å². The summed E-state index contributed by atoms with van der Waals surface area (Å²) in [6.45, 7) is 0. The molecule has 132 valence electrons. The van der Waals surface area contributed by atoms with E-state index in [4.69, 9.17) is 14.2 Å². The summed E-state index contributed by atoms with van der Waals surface area (Å²) in [6.07, 6.45) is 3.40. The second-order valence-electron chi connectivity index (χ2n) is 6.19. The summed E-state index contributed by atoms with van der Waals surface area (Å²) in [5.41, 5.74) is 2.42. The Hall–Kier alpha value is -2.69. The van der Waals surface area contributed by atoms with Crippen LogP contribution in [0.3, 0.4) is 0 Å². The highest BCUT2D eigenvalue weighted by Crippen LogP contribution is 2.39. The minimum atomic E-state index is -0.160. The highest BCUT2D eigenvalue weighted by molar-refractivity contribution is 6.04. The van der Waals surface area contributed by atoms with Gasteiger partial charge in [-0.1, -0.05) is 0 Å². The summed E-state index contributed by atoms with van der Waals surface area (Å²) in [6, 6.07) is 10.8. The molecular weight excluding hydrogens is 318 g/mol. The van der Waals surface area contributed by atoms with Gasteiger partial charge < -0.3 is 19.5 Å². The van der Waals surface area contributed by atoms with E-state index in [0.29, 0.717) is 23.0 Å². The van der Waals surface area contributed by atoms with Gasteiger partial charge in [0.2, 0.25) is 0 Å². The number of nitrogens with one attached hydrogen (secondary N) is 1. The fourth-order valence-corrected chi connectivity index (χ4v) is 2.78. The van der Waals surface area contributed by atoms with Crippen molar-refractivity contribution in [2.24, 2.45) is 5.92 Å². The van der Waals surface area contributed by atoms with E-state index in [-0.39, 0.29) is 5.91 Å². The Kier molecular flexibility index (Phi) is 5.12. The molecule has 0 aromatic heterocycles. The van der Waals surface area contributed by atoms with E-state index < -0.39 is 0 Å². The van der Waals surface area contributed by atoms with E-state index in [1.807, 2.05) is 12.1 Å². The van der Waals surface area contributed by atoms with E-state index in [0.717, 1.165) is 23.4 Å². The summed E-state index contributed by atoms with van der Waals surface area (Å²) < 4.78 is 15.9. The Morgan fingerprint density at radius 2 is 1.64 bits per heavy atom. The zero-order valence-electron chi connectivity index (χ0n) is 14.8. The van der Waals surface area contributed by atoms with Crippen LogP contribution >= 0.6 is 0 Å². The molecule has 0 unspecified atom stereocenters. The lowest BCUT2D eigenvalue weighted by Crippen LogP contribution is -2.14. The number of benzene rings is 2. The van der Waals surface area contributed by atoms with Crippen LogP contribution in [0.15, 0.2) is 36.4 Å². The van der Waals surface area contributed by atoms with Crippen molar-refractivity contribution < 1.29 is 19.0 Å². The molecule has 0 atom stereocenters. The third-order valence-corrected chi connectivity index (χ3v) is 4.42. The molecule has 0 saturated heterocycles. The van der Waals surface area contributed by atoms with Crippen LogP contribution < -0.4 is 19.5 Å². The number of rotatable bonds is 7. The maximum atomic E-state index is 12.6. The Balaban J connectivity index is 1.86. The molecule has 0 heterocycles. The van der Waals surface area contributed by atoms with Gasteiger partial charge in [-0.2, -0.15) is 0 Å². The van der Waals surface area contributed by atoms with E-state index in [1.165, 1.54) is 12.8 Å². The number of carbonyl (C=O) groups excluding carboxylic acids is 1. The molecule has 1 amide bonds. The first-order valence-corrected chi connectivity index (χ1v) is 8.35. The summed E-state index contributed by atoms with van der Waals surface area (Å²) in [5, 5.41) is 3.01. The maximum absolute atomic E-state index is 12.6. The third kappa shape index (κ3) is 4.05. The zero-order chi connectivity index (χ0) is 17.8. The Morgan fingerprint density at radius 3 is 2.20 bits per heavy atom. The van der Waals surface area contributed by atoms with Gasteiger partial charge in [-0.25, -0.2) is 0 Å². The van der Waals surface area contributed by atoms with Crippen LogP contribution in [-0.2, 0) is 6.42 Å². The van der Waals surface area contributed by atoms with E-state index in [1.54, 1.807) is 45.6 Å². The monoisotopic (exact) mass is 341 g/mol. The van der Waals surface area contributed by atoms with Gasteiger partial charge in [0.25, 0.3) is 5.91 Å². The zero-order valence-corrected chi connectivity index (χ0v) is 14.8. The van der Waals surface area contributed by atoms with E-state index in [2.05, 4.69) is 5.32 Å². The van der Waals surface area contributed by atoms with Crippen LogP contribution in [0, 0.1) is 5.92 Å². The van der Waals surface area contributed by atoms with Crippen LogP contribution in [0.2, 0.25) is 0 Å². The van der Waals surface area contributed by atoms with Gasteiger partial charge in [-0.3, -0.25) is 4.79 Å². The van der Waals surface area contributed by atoms with Gasteiger partial charge >= 0.3 is 0 Å². The van der Waals surface area contributed by atoms with Crippen molar-refractivity contribution in [3.8, 4) is 17.2 Å². The summed E-state index contributed by atoms with van der Waals surface area (Å²) in [5.74, 6) is 2.53. The molecule has 1 aliphatic rings. The maximum Gasteiger partial charge on any atom is 0.255 e. The quantitative estimate of drug-likeness (QED) is 0.829. The van der Waals surface area contributed by atoms with Crippen molar-refractivity contribution >= 4 is 11.6 Å². The highest BCUT2D eigenvalue weighted by atomic mass is 16.5. The predicted octanol–water partition coefficient (Wildman–Crippen LogP) is 3.92. The first-order valence-electron chi connectivity index (χ1n) is 8.35. The van der Waals surface area contributed by atoms with Gasteiger partial charge in [0.1, 0.15) is 5.75 Å². The van der Waals surface area contributed by atoms with Crippen LogP contribution in [0.25, 0.3) is 0 Å². The Bertz CT molecular complexity index is 751. The normalized spacial score (nSPS) is 13.2. The molecule has 5 heteroatoms. The van der Waals surface area contributed by atoms with Crippen LogP contribution in [-0.4, -0.2) is 27.2 Å². The number of amides is 1. The summed E-state index contributed by atoms with van der Waals surface area (Å²) >= 11 is 0. The molecule has 1 aliphatic carbocycles. The molecule has 2 aromatic rings. The highest BCUT2D eigenvalue weighted by Gasteiger charge is 2.24. The molecule has 5 nitrogen and oxygen atoms in total. The van der Waals surface area contributed by atoms with Crippen LogP contribution in [0.4, 0.5) is 5.69 Å². The molecule has 25 heavy (non-hydrogen) atoms. The molecule has 0 spiro atoms. The second-order valence-corrected chi connectivity index (χ2v) is 6.19. The minimum absolute atomic E-state index is 0.160. The lowest BCUT2D eigenvalue weighted by atomic mass is 10.0. The summed E-state index contributed by atoms with van der Waals surface area (Å²) in [4.78, 5) is 12.6. The van der Waals surface area contributed by atoms with Gasteiger partial charge in [-0.05, 0) is 61.1 Å².